The molecule has 2 aliphatic rings. The van der Waals surface area contributed by atoms with Crippen LogP contribution >= 0.6 is 11.8 Å². The summed E-state index contributed by atoms with van der Waals surface area (Å²) in [6.45, 7) is 1.26. The summed E-state index contributed by atoms with van der Waals surface area (Å²) in [7, 11) is 0. The highest BCUT2D eigenvalue weighted by Gasteiger charge is 2.42. The fourth-order valence-electron chi connectivity index (χ4n) is 2.09. The topological polar surface area (TPSA) is 44.5 Å². The van der Waals surface area contributed by atoms with Crippen LogP contribution in [0.5, 0.6) is 11.5 Å². The number of ether oxygens (including phenoxy) is 2. The van der Waals surface area contributed by atoms with Gasteiger partial charge in [-0.05, 0) is 30.7 Å². The highest BCUT2D eigenvalue weighted by molar-refractivity contribution is 7.98. The molecule has 1 fully saturated rings. The molecule has 1 saturated carbocycles. The van der Waals surface area contributed by atoms with E-state index in [4.69, 9.17) is 15.2 Å². The predicted molar refractivity (Wildman–Crippen MR) is 64.3 cm³/mol. The van der Waals surface area contributed by atoms with Crippen molar-refractivity contribution in [2.75, 3.05) is 19.5 Å². The molecule has 1 aromatic carbocycles. The Morgan fingerprint density at radius 1 is 1.25 bits per heavy atom. The lowest BCUT2D eigenvalue weighted by atomic mass is 10.0. The minimum atomic E-state index is -0.117. The van der Waals surface area contributed by atoms with Gasteiger partial charge in [-0.25, -0.2) is 0 Å². The molecule has 16 heavy (non-hydrogen) atoms. The molecule has 1 aliphatic carbocycles. The fraction of sp³-hybridized carbons (Fsp3) is 0.500. The van der Waals surface area contributed by atoms with E-state index < -0.39 is 0 Å². The Labute approximate surface area is 99.3 Å². The van der Waals surface area contributed by atoms with Crippen LogP contribution in [0.3, 0.4) is 0 Å². The molecule has 3 nitrogen and oxygen atoms in total. The predicted octanol–water partition coefficient (Wildman–Crippen LogP) is 2.13. The largest absolute Gasteiger partial charge is 0.486 e. The van der Waals surface area contributed by atoms with Crippen molar-refractivity contribution < 1.29 is 9.47 Å². The molecule has 1 aliphatic heterocycles. The van der Waals surface area contributed by atoms with Crippen LogP contribution in [0, 0.1) is 0 Å². The summed E-state index contributed by atoms with van der Waals surface area (Å²) in [5.41, 5.74) is 7.36. The summed E-state index contributed by atoms with van der Waals surface area (Å²) in [5.74, 6) is 1.73. The molecule has 0 spiro atoms. The lowest BCUT2D eigenvalue weighted by molar-refractivity contribution is 0.167. The second-order valence-corrected chi connectivity index (χ2v) is 5.14. The third kappa shape index (κ3) is 1.48. The molecule has 0 amide bonds. The van der Waals surface area contributed by atoms with Crippen molar-refractivity contribution in [3.8, 4) is 11.5 Å². The number of rotatable bonds is 2. The quantitative estimate of drug-likeness (QED) is 0.800. The molecule has 4 heteroatoms. The molecule has 86 valence electrons. The summed E-state index contributed by atoms with van der Waals surface area (Å²) in [6.07, 6.45) is 4.20. The zero-order chi connectivity index (χ0) is 11.2. The third-order valence-electron chi connectivity index (χ3n) is 3.19. The van der Waals surface area contributed by atoms with Crippen molar-refractivity contribution in [1.82, 2.24) is 0 Å². The van der Waals surface area contributed by atoms with Crippen LogP contribution in [-0.4, -0.2) is 19.5 Å². The van der Waals surface area contributed by atoms with E-state index in [1.54, 1.807) is 11.8 Å². The highest BCUT2D eigenvalue weighted by Crippen LogP contribution is 2.51. The lowest BCUT2D eigenvalue weighted by Crippen LogP contribution is -2.22. The maximum Gasteiger partial charge on any atom is 0.175 e. The summed E-state index contributed by atoms with van der Waals surface area (Å²) in [5, 5.41) is 0. The van der Waals surface area contributed by atoms with Crippen molar-refractivity contribution in [3.05, 3.63) is 17.7 Å². The SMILES string of the molecule is CSc1c(C2(N)CC2)ccc2c1OCCO2. The van der Waals surface area contributed by atoms with Crippen LogP contribution in [0.2, 0.25) is 0 Å². The Bertz CT molecular complexity index is 429. The van der Waals surface area contributed by atoms with Gasteiger partial charge in [-0.2, -0.15) is 0 Å². The highest BCUT2D eigenvalue weighted by atomic mass is 32.2. The molecule has 1 aromatic rings. The van der Waals surface area contributed by atoms with Gasteiger partial charge in [0.1, 0.15) is 13.2 Å². The van der Waals surface area contributed by atoms with Crippen LogP contribution < -0.4 is 15.2 Å². The average Bonchev–Trinajstić information content (AvgIpc) is 3.07. The maximum absolute atomic E-state index is 6.27. The number of nitrogens with two attached hydrogens (primary N) is 1. The Balaban J connectivity index is 2.12. The van der Waals surface area contributed by atoms with E-state index in [-0.39, 0.29) is 5.54 Å². The molecule has 2 N–H and O–H groups in total. The third-order valence-corrected chi connectivity index (χ3v) is 4.01. The normalized spacial score (nSPS) is 20.6. The first kappa shape index (κ1) is 10.3. The van der Waals surface area contributed by atoms with Gasteiger partial charge in [-0.1, -0.05) is 6.07 Å². The molecule has 0 saturated heterocycles. The van der Waals surface area contributed by atoms with E-state index in [1.807, 2.05) is 6.07 Å². The van der Waals surface area contributed by atoms with Crippen LogP contribution in [0.1, 0.15) is 18.4 Å². The zero-order valence-corrected chi connectivity index (χ0v) is 10.1. The van der Waals surface area contributed by atoms with E-state index in [9.17, 15) is 0 Å². The fourth-order valence-corrected chi connectivity index (χ4v) is 2.93. The van der Waals surface area contributed by atoms with Gasteiger partial charge < -0.3 is 15.2 Å². The Hall–Kier alpha value is -0.870. The number of hydrogen-bond acceptors (Lipinski definition) is 4. The van der Waals surface area contributed by atoms with Crippen molar-refractivity contribution in [1.29, 1.82) is 0 Å². The Morgan fingerprint density at radius 2 is 2.00 bits per heavy atom. The maximum atomic E-state index is 6.27. The van der Waals surface area contributed by atoms with Gasteiger partial charge in [0.2, 0.25) is 0 Å². The summed E-state index contributed by atoms with van der Waals surface area (Å²) in [6, 6.07) is 4.07. The molecule has 0 atom stereocenters. The van der Waals surface area contributed by atoms with Gasteiger partial charge in [0, 0.05) is 5.54 Å². The van der Waals surface area contributed by atoms with E-state index in [2.05, 4.69) is 12.3 Å². The summed E-state index contributed by atoms with van der Waals surface area (Å²) >= 11 is 1.69. The van der Waals surface area contributed by atoms with E-state index in [0.29, 0.717) is 13.2 Å². The van der Waals surface area contributed by atoms with Crippen LogP contribution in [0.4, 0.5) is 0 Å². The Morgan fingerprint density at radius 3 is 2.69 bits per heavy atom. The first-order chi connectivity index (χ1) is 7.74. The minimum Gasteiger partial charge on any atom is -0.486 e. The van der Waals surface area contributed by atoms with Gasteiger partial charge in [0.15, 0.2) is 11.5 Å². The van der Waals surface area contributed by atoms with Crippen LogP contribution in [0.25, 0.3) is 0 Å². The van der Waals surface area contributed by atoms with Gasteiger partial charge in [0.25, 0.3) is 0 Å². The van der Waals surface area contributed by atoms with Gasteiger partial charge >= 0.3 is 0 Å². The number of fused-ring (bicyclic) bond motifs is 1. The Kier molecular flexibility index (Phi) is 2.30. The van der Waals surface area contributed by atoms with E-state index in [1.165, 1.54) is 5.56 Å². The lowest BCUT2D eigenvalue weighted by Gasteiger charge is -2.24. The van der Waals surface area contributed by atoms with Gasteiger partial charge in [-0.3, -0.25) is 0 Å². The standard InChI is InChI=1S/C12H15NO2S/c1-16-11-8(12(13)4-5-12)2-3-9-10(11)15-7-6-14-9/h2-3H,4-7,13H2,1H3. The van der Waals surface area contributed by atoms with E-state index in [0.717, 1.165) is 29.2 Å². The average molecular weight is 237 g/mol. The molecule has 0 unspecified atom stereocenters. The van der Waals surface area contributed by atoms with Crippen LogP contribution in [-0.2, 0) is 5.54 Å². The second-order valence-electron chi connectivity index (χ2n) is 4.33. The monoisotopic (exact) mass is 237 g/mol. The van der Waals surface area contributed by atoms with Crippen molar-refractivity contribution in [3.63, 3.8) is 0 Å². The number of benzene rings is 1. The smallest absolute Gasteiger partial charge is 0.175 e. The first-order valence-electron chi connectivity index (χ1n) is 5.50. The van der Waals surface area contributed by atoms with Gasteiger partial charge in [-0.15, -0.1) is 11.8 Å². The van der Waals surface area contributed by atoms with Crippen molar-refractivity contribution in [2.24, 2.45) is 5.73 Å². The molecular weight excluding hydrogens is 222 g/mol. The van der Waals surface area contributed by atoms with Crippen molar-refractivity contribution in [2.45, 2.75) is 23.3 Å². The minimum absolute atomic E-state index is 0.117. The van der Waals surface area contributed by atoms with E-state index >= 15 is 0 Å². The summed E-state index contributed by atoms with van der Waals surface area (Å²) in [4.78, 5) is 1.15. The molecular formula is C12H15NO2S. The van der Waals surface area contributed by atoms with Crippen molar-refractivity contribution >= 4 is 11.8 Å². The molecule has 3 rings (SSSR count). The summed E-state index contributed by atoms with van der Waals surface area (Å²) < 4.78 is 11.3. The zero-order valence-electron chi connectivity index (χ0n) is 9.29. The molecule has 0 radical (unpaired) electrons. The van der Waals surface area contributed by atoms with Crippen LogP contribution in [0.15, 0.2) is 17.0 Å². The first-order valence-corrected chi connectivity index (χ1v) is 6.73. The van der Waals surface area contributed by atoms with Gasteiger partial charge in [0.05, 0.1) is 4.90 Å². The molecule has 0 bridgehead atoms. The number of thioether (sulfide) groups is 1. The second kappa shape index (κ2) is 3.57. The molecule has 0 aromatic heterocycles. The molecule has 1 heterocycles. The number of hydrogen-bond donors (Lipinski definition) is 1.